The molecule has 1 atom stereocenters. The number of nitrogens with zero attached hydrogens (tertiary/aromatic N) is 2. The highest BCUT2D eigenvalue weighted by atomic mass is 32.2. The number of thioether (sulfide) groups is 2. The summed E-state index contributed by atoms with van der Waals surface area (Å²) in [7, 11) is 0. The summed E-state index contributed by atoms with van der Waals surface area (Å²) in [6, 6.07) is 8.83. The van der Waals surface area contributed by atoms with Gasteiger partial charge in [-0.25, -0.2) is 4.79 Å². The fourth-order valence-electron chi connectivity index (χ4n) is 1.81. The van der Waals surface area contributed by atoms with E-state index in [0.29, 0.717) is 10.9 Å². The Labute approximate surface area is 153 Å². The van der Waals surface area contributed by atoms with Gasteiger partial charge in [0.1, 0.15) is 5.25 Å². The molecule has 0 radical (unpaired) electrons. The van der Waals surface area contributed by atoms with E-state index in [1.807, 2.05) is 37.3 Å². The van der Waals surface area contributed by atoms with Gasteiger partial charge < -0.3 is 5.32 Å². The van der Waals surface area contributed by atoms with Gasteiger partial charge in [0.2, 0.25) is 5.91 Å². The van der Waals surface area contributed by atoms with Crippen LogP contribution in [0.2, 0.25) is 0 Å². The van der Waals surface area contributed by atoms with Gasteiger partial charge in [-0.2, -0.15) is 0 Å². The number of benzene rings is 1. The lowest BCUT2D eigenvalue weighted by molar-refractivity contribution is -0.119. The fraction of sp³-hybridized carbons (Fsp3) is 0.333. The van der Waals surface area contributed by atoms with Crippen LogP contribution in [0.3, 0.4) is 0 Å². The van der Waals surface area contributed by atoms with E-state index in [4.69, 9.17) is 0 Å². The summed E-state index contributed by atoms with van der Waals surface area (Å²) in [6.45, 7) is 4.29. The molecule has 2 rings (SSSR count). The maximum Gasteiger partial charge on any atom is 0.321 e. The first-order chi connectivity index (χ1) is 11.6. The molecule has 6 nitrogen and oxygen atoms in total. The van der Waals surface area contributed by atoms with E-state index in [9.17, 15) is 9.59 Å². The quantitative estimate of drug-likeness (QED) is 0.715. The van der Waals surface area contributed by atoms with Crippen molar-refractivity contribution in [3.8, 4) is 0 Å². The molecule has 1 aromatic heterocycles. The summed E-state index contributed by atoms with van der Waals surface area (Å²) in [6.07, 6.45) is 0. The van der Waals surface area contributed by atoms with Crippen molar-refractivity contribution in [3.63, 3.8) is 0 Å². The number of imide groups is 1. The van der Waals surface area contributed by atoms with Crippen LogP contribution >= 0.6 is 34.9 Å². The van der Waals surface area contributed by atoms with Gasteiger partial charge in [0, 0.05) is 6.54 Å². The number of carbonyl (C=O) groups excluding carboxylic acids is 2. The molecule has 0 spiro atoms. The van der Waals surface area contributed by atoms with Crippen molar-refractivity contribution in [1.82, 2.24) is 20.8 Å². The lowest BCUT2D eigenvalue weighted by Gasteiger charge is -2.15. The molecule has 0 saturated heterocycles. The molecule has 0 fully saturated rings. The standard InChI is InChI=1S/C15H18N4O2S3/c1-3-16-13(21)17-12(20)11(10-8-6-5-7-9-10)23-15-19-18-14(24-15)22-4-2/h5-9,11H,3-4H2,1-2H3,(H2,16,17,20,21)/t11-/m1/s1. The molecule has 128 valence electrons. The number of aromatic nitrogens is 2. The number of carbonyl (C=O) groups is 2. The summed E-state index contributed by atoms with van der Waals surface area (Å²) >= 11 is 4.36. The lowest BCUT2D eigenvalue weighted by Crippen LogP contribution is -2.41. The van der Waals surface area contributed by atoms with Crippen LogP contribution < -0.4 is 10.6 Å². The predicted molar refractivity (Wildman–Crippen MR) is 98.6 cm³/mol. The fourth-order valence-corrected chi connectivity index (χ4v) is 4.92. The topological polar surface area (TPSA) is 84.0 Å². The normalized spacial score (nSPS) is 11.8. The second-order valence-electron chi connectivity index (χ2n) is 4.52. The third-order valence-electron chi connectivity index (χ3n) is 2.79. The molecule has 1 heterocycles. The van der Waals surface area contributed by atoms with Crippen molar-refractivity contribution < 1.29 is 9.59 Å². The number of hydrogen-bond donors (Lipinski definition) is 2. The Morgan fingerprint density at radius 2 is 1.88 bits per heavy atom. The Hall–Kier alpha value is -1.58. The number of hydrogen-bond acceptors (Lipinski definition) is 7. The molecule has 0 aliphatic heterocycles. The van der Waals surface area contributed by atoms with E-state index in [1.54, 1.807) is 18.7 Å². The Morgan fingerprint density at radius 1 is 1.17 bits per heavy atom. The average molecular weight is 383 g/mol. The summed E-state index contributed by atoms with van der Waals surface area (Å²) in [5.41, 5.74) is 0.809. The summed E-state index contributed by atoms with van der Waals surface area (Å²) in [5, 5.41) is 12.6. The molecular formula is C15H18N4O2S3. The summed E-state index contributed by atoms with van der Waals surface area (Å²) in [4.78, 5) is 24.2. The zero-order valence-corrected chi connectivity index (χ0v) is 15.8. The van der Waals surface area contributed by atoms with Crippen LogP contribution in [0.4, 0.5) is 4.79 Å². The average Bonchev–Trinajstić information content (AvgIpc) is 3.01. The van der Waals surface area contributed by atoms with Gasteiger partial charge in [-0.15, -0.1) is 10.2 Å². The number of amides is 3. The molecule has 2 N–H and O–H groups in total. The molecule has 0 aliphatic carbocycles. The van der Waals surface area contributed by atoms with E-state index in [2.05, 4.69) is 20.8 Å². The van der Waals surface area contributed by atoms with Crippen molar-refractivity contribution in [2.45, 2.75) is 27.8 Å². The number of urea groups is 1. The molecular weight excluding hydrogens is 364 g/mol. The van der Waals surface area contributed by atoms with Crippen LogP contribution in [0.1, 0.15) is 24.7 Å². The van der Waals surface area contributed by atoms with E-state index in [-0.39, 0.29) is 5.91 Å². The first-order valence-electron chi connectivity index (χ1n) is 7.40. The van der Waals surface area contributed by atoms with Crippen LogP contribution in [0.25, 0.3) is 0 Å². The Bertz CT molecular complexity index is 678. The van der Waals surface area contributed by atoms with Crippen LogP contribution in [0.5, 0.6) is 0 Å². The Balaban J connectivity index is 2.16. The van der Waals surface area contributed by atoms with Crippen molar-refractivity contribution in [2.75, 3.05) is 12.3 Å². The van der Waals surface area contributed by atoms with Crippen molar-refractivity contribution >= 4 is 46.8 Å². The summed E-state index contributed by atoms with van der Waals surface area (Å²) in [5.74, 6) is 0.538. The van der Waals surface area contributed by atoms with Crippen LogP contribution in [0, 0.1) is 0 Å². The van der Waals surface area contributed by atoms with Crippen molar-refractivity contribution in [3.05, 3.63) is 35.9 Å². The molecule has 9 heteroatoms. The molecule has 1 aromatic carbocycles. The minimum Gasteiger partial charge on any atom is -0.338 e. The van der Waals surface area contributed by atoms with Gasteiger partial charge in [-0.3, -0.25) is 10.1 Å². The lowest BCUT2D eigenvalue weighted by atomic mass is 10.1. The molecule has 0 bridgehead atoms. The van der Waals surface area contributed by atoms with Gasteiger partial charge in [-0.1, -0.05) is 72.1 Å². The highest BCUT2D eigenvalue weighted by Gasteiger charge is 2.25. The first-order valence-corrected chi connectivity index (χ1v) is 10.1. The van der Waals surface area contributed by atoms with Crippen LogP contribution in [-0.4, -0.2) is 34.4 Å². The van der Waals surface area contributed by atoms with Gasteiger partial charge >= 0.3 is 6.03 Å². The van der Waals surface area contributed by atoms with Crippen LogP contribution in [0.15, 0.2) is 39.0 Å². The van der Waals surface area contributed by atoms with E-state index in [1.165, 1.54) is 23.1 Å². The minimum absolute atomic E-state index is 0.378. The van der Waals surface area contributed by atoms with Gasteiger partial charge in [0.05, 0.1) is 0 Å². The molecule has 2 aromatic rings. The Morgan fingerprint density at radius 3 is 2.54 bits per heavy atom. The molecule has 0 aliphatic rings. The van der Waals surface area contributed by atoms with Crippen molar-refractivity contribution in [2.24, 2.45) is 0 Å². The largest absolute Gasteiger partial charge is 0.338 e. The van der Waals surface area contributed by atoms with E-state index in [0.717, 1.165) is 15.7 Å². The molecule has 0 saturated carbocycles. The van der Waals surface area contributed by atoms with E-state index >= 15 is 0 Å². The molecule has 24 heavy (non-hydrogen) atoms. The Kier molecular flexibility index (Phi) is 7.54. The van der Waals surface area contributed by atoms with Gasteiger partial charge in [0.25, 0.3) is 0 Å². The van der Waals surface area contributed by atoms with Crippen molar-refractivity contribution in [1.29, 1.82) is 0 Å². The van der Waals surface area contributed by atoms with Gasteiger partial charge in [-0.05, 0) is 18.2 Å². The summed E-state index contributed by atoms with van der Waals surface area (Å²) < 4.78 is 1.57. The second-order valence-corrected chi connectivity index (χ2v) is 8.37. The monoisotopic (exact) mass is 382 g/mol. The zero-order valence-electron chi connectivity index (χ0n) is 13.3. The minimum atomic E-state index is -0.568. The third kappa shape index (κ3) is 5.50. The smallest absolute Gasteiger partial charge is 0.321 e. The molecule has 0 unspecified atom stereocenters. The molecule has 3 amide bonds. The first kappa shape index (κ1) is 18.8. The highest BCUT2D eigenvalue weighted by Crippen LogP contribution is 2.38. The third-order valence-corrected chi connectivity index (χ3v) is 6.07. The maximum absolute atomic E-state index is 12.5. The van der Waals surface area contributed by atoms with Crippen LogP contribution in [-0.2, 0) is 4.79 Å². The highest BCUT2D eigenvalue weighted by molar-refractivity contribution is 8.03. The predicted octanol–water partition coefficient (Wildman–Crippen LogP) is 3.33. The zero-order chi connectivity index (χ0) is 17.4. The van der Waals surface area contributed by atoms with E-state index < -0.39 is 11.3 Å². The maximum atomic E-state index is 12.5. The second kappa shape index (κ2) is 9.65. The number of rotatable bonds is 7. The SMILES string of the molecule is CCNC(=O)NC(=O)[C@H](Sc1nnc(SCC)s1)c1ccccc1. The number of nitrogens with one attached hydrogen (secondary N) is 2. The van der Waals surface area contributed by atoms with Gasteiger partial charge in [0.15, 0.2) is 8.68 Å².